The van der Waals surface area contributed by atoms with Crippen molar-refractivity contribution in [3.8, 4) is 11.8 Å². The number of aldehydes is 1. The van der Waals surface area contributed by atoms with Crippen LogP contribution in [-0.2, 0) is 9.59 Å². The third-order valence-electron chi connectivity index (χ3n) is 3.97. The lowest BCUT2D eigenvalue weighted by Gasteiger charge is -2.05. The molecule has 4 nitrogen and oxygen atoms in total. The molecule has 0 heterocycles. The van der Waals surface area contributed by atoms with E-state index in [4.69, 9.17) is 5.73 Å². The Balaban J connectivity index is 3.34. The van der Waals surface area contributed by atoms with Gasteiger partial charge in [0.25, 0.3) is 0 Å². The van der Waals surface area contributed by atoms with E-state index in [1.54, 1.807) is 0 Å². The van der Waals surface area contributed by atoms with Crippen molar-refractivity contribution < 1.29 is 9.59 Å². The number of carbonyl (C=O) groups is 2. The molecule has 0 rings (SSSR count). The molecule has 0 fully saturated rings. The highest BCUT2D eigenvalue weighted by molar-refractivity contribution is 5.76. The van der Waals surface area contributed by atoms with Gasteiger partial charge in [-0.25, -0.2) is 0 Å². The molecule has 0 aliphatic heterocycles. The highest BCUT2D eigenvalue weighted by atomic mass is 16.1. The molecule has 0 radical (unpaired) electrons. The molecule has 138 valence electrons. The van der Waals surface area contributed by atoms with Crippen molar-refractivity contribution in [3.05, 3.63) is 0 Å². The summed E-state index contributed by atoms with van der Waals surface area (Å²) >= 11 is 0. The molecule has 3 N–H and O–H groups in total. The monoisotopic (exact) mass is 336 g/mol. The second-order valence-corrected chi connectivity index (χ2v) is 6.37. The minimum Gasteiger partial charge on any atom is -0.356 e. The van der Waals surface area contributed by atoms with Gasteiger partial charge in [0.1, 0.15) is 6.29 Å². The van der Waals surface area contributed by atoms with Crippen LogP contribution in [0.2, 0.25) is 0 Å². The molecule has 0 spiro atoms. The van der Waals surface area contributed by atoms with E-state index in [0.717, 1.165) is 19.1 Å². The van der Waals surface area contributed by atoms with E-state index >= 15 is 0 Å². The minimum absolute atomic E-state index is 0.0241. The van der Waals surface area contributed by atoms with Gasteiger partial charge < -0.3 is 15.8 Å². The predicted molar refractivity (Wildman–Crippen MR) is 101 cm³/mol. The maximum atomic E-state index is 11.6. The number of amides is 1. The Labute approximate surface area is 148 Å². The zero-order chi connectivity index (χ0) is 17.9. The van der Waals surface area contributed by atoms with Crippen molar-refractivity contribution in [1.29, 1.82) is 0 Å². The first-order valence-electron chi connectivity index (χ1n) is 9.64. The van der Waals surface area contributed by atoms with Gasteiger partial charge in [-0.1, -0.05) is 51.9 Å². The molecule has 4 heteroatoms. The van der Waals surface area contributed by atoms with E-state index < -0.39 is 6.04 Å². The Morgan fingerprint density at radius 1 is 1.00 bits per heavy atom. The number of unbranched alkanes of at least 4 members (excludes halogenated alkanes) is 8. The van der Waals surface area contributed by atoms with Crippen LogP contribution in [-0.4, -0.2) is 24.8 Å². The van der Waals surface area contributed by atoms with E-state index in [-0.39, 0.29) is 5.91 Å². The highest BCUT2D eigenvalue weighted by Gasteiger charge is 2.01. The van der Waals surface area contributed by atoms with Crippen molar-refractivity contribution in [2.45, 2.75) is 96.4 Å². The van der Waals surface area contributed by atoms with Gasteiger partial charge in [-0.05, 0) is 19.3 Å². The molecule has 1 unspecified atom stereocenters. The van der Waals surface area contributed by atoms with Crippen molar-refractivity contribution in [2.24, 2.45) is 5.73 Å². The van der Waals surface area contributed by atoms with Crippen LogP contribution in [0.15, 0.2) is 0 Å². The van der Waals surface area contributed by atoms with Crippen LogP contribution in [0.5, 0.6) is 0 Å². The third kappa shape index (κ3) is 17.0. The normalized spacial score (nSPS) is 11.4. The summed E-state index contributed by atoms with van der Waals surface area (Å²) in [6.07, 6.45) is 14.6. The van der Waals surface area contributed by atoms with Crippen LogP contribution in [0.25, 0.3) is 0 Å². The summed E-state index contributed by atoms with van der Waals surface area (Å²) < 4.78 is 0. The number of rotatable bonds is 15. The molecule has 1 atom stereocenters. The van der Waals surface area contributed by atoms with Gasteiger partial charge in [0.15, 0.2) is 0 Å². The molecule has 0 aliphatic carbocycles. The minimum atomic E-state index is -0.413. The van der Waals surface area contributed by atoms with Crippen LogP contribution in [0, 0.1) is 11.8 Å². The van der Waals surface area contributed by atoms with Gasteiger partial charge >= 0.3 is 0 Å². The van der Waals surface area contributed by atoms with Gasteiger partial charge in [-0.15, -0.1) is 11.8 Å². The van der Waals surface area contributed by atoms with E-state index in [9.17, 15) is 9.59 Å². The second-order valence-electron chi connectivity index (χ2n) is 6.37. The van der Waals surface area contributed by atoms with Crippen molar-refractivity contribution in [1.82, 2.24) is 5.32 Å². The number of hydrogen-bond donors (Lipinski definition) is 2. The first-order chi connectivity index (χ1) is 11.7. The maximum Gasteiger partial charge on any atom is 0.220 e. The SMILES string of the molecule is CCCCCCCCCCC#CCCC(=O)NCCCC(N)C=O. The smallest absolute Gasteiger partial charge is 0.220 e. The fourth-order valence-electron chi connectivity index (χ4n) is 2.42. The van der Waals surface area contributed by atoms with Crippen LogP contribution >= 0.6 is 0 Å². The summed E-state index contributed by atoms with van der Waals surface area (Å²) in [6.45, 7) is 2.82. The lowest BCUT2D eigenvalue weighted by Crippen LogP contribution is -2.27. The average molecular weight is 337 g/mol. The van der Waals surface area contributed by atoms with Crippen LogP contribution in [0.3, 0.4) is 0 Å². The summed E-state index contributed by atoms with van der Waals surface area (Å²) in [5.41, 5.74) is 5.48. The zero-order valence-electron chi connectivity index (χ0n) is 15.4. The summed E-state index contributed by atoms with van der Waals surface area (Å²) in [6, 6.07) is -0.413. The molecule has 1 amide bonds. The summed E-state index contributed by atoms with van der Waals surface area (Å²) in [5.74, 6) is 6.26. The molecular weight excluding hydrogens is 300 g/mol. The Bertz CT molecular complexity index is 372. The van der Waals surface area contributed by atoms with Crippen molar-refractivity contribution in [2.75, 3.05) is 6.54 Å². The molecule has 0 aliphatic rings. The van der Waals surface area contributed by atoms with E-state index in [2.05, 4.69) is 24.1 Å². The number of nitrogens with two attached hydrogens (primary N) is 1. The van der Waals surface area contributed by atoms with Gasteiger partial charge in [0.2, 0.25) is 5.91 Å². The van der Waals surface area contributed by atoms with Crippen molar-refractivity contribution >= 4 is 12.2 Å². The van der Waals surface area contributed by atoms with Crippen LogP contribution in [0.1, 0.15) is 90.4 Å². The molecule has 0 aromatic carbocycles. The Morgan fingerprint density at radius 3 is 2.29 bits per heavy atom. The van der Waals surface area contributed by atoms with Crippen LogP contribution in [0.4, 0.5) is 0 Å². The molecule has 24 heavy (non-hydrogen) atoms. The standard InChI is InChI=1S/C20H36N2O2/c1-2-3-4-5-6-7-8-9-10-11-12-13-16-20(24)22-17-14-15-19(21)18-23/h18-19H,2-10,13-17,21H2,1H3,(H,22,24). The van der Waals surface area contributed by atoms with Gasteiger partial charge in [-0.3, -0.25) is 4.79 Å². The van der Waals surface area contributed by atoms with E-state index in [1.807, 2.05) is 0 Å². The molecule has 0 saturated heterocycles. The zero-order valence-corrected chi connectivity index (χ0v) is 15.4. The molecule has 0 bridgehead atoms. The lowest BCUT2D eigenvalue weighted by molar-refractivity contribution is -0.120. The average Bonchev–Trinajstić information content (AvgIpc) is 2.59. The van der Waals surface area contributed by atoms with E-state index in [0.29, 0.717) is 25.8 Å². The fourth-order valence-corrected chi connectivity index (χ4v) is 2.42. The fraction of sp³-hybridized carbons (Fsp3) is 0.800. The third-order valence-corrected chi connectivity index (χ3v) is 3.97. The van der Waals surface area contributed by atoms with Gasteiger partial charge in [0, 0.05) is 25.8 Å². The lowest BCUT2D eigenvalue weighted by atomic mass is 10.1. The Kier molecular flexibility index (Phi) is 17.0. The quantitative estimate of drug-likeness (QED) is 0.272. The number of nitrogens with one attached hydrogen (secondary N) is 1. The van der Waals surface area contributed by atoms with Crippen LogP contribution < -0.4 is 11.1 Å². The number of carbonyl (C=O) groups excluding carboxylic acids is 2. The topological polar surface area (TPSA) is 72.2 Å². The number of hydrogen-bond acceptors (Lipinski definition) is 3. The largest absolute Gasteiger partial charge is 0.356 e. The van der Waals surface area contributed by atoms with E-state index in [1.165, 1.54) is 51.4 Å². The first-order valence-corrected chi connectivity index (χ1v) is 9.64. The van der Waals surface area contributed by atoms with Gasteiger partial charge in [0.05, 0.1) is 6.04 Å². The maximum absolute atomic E-state index is 11.6. The summed E-state index contributed by atoms with van der Waals surface area (Å²) in [4.78, 5) is 21.9. The Hall–Kier alpha value is -1.34. The Morgan fingerprint density at radius 2 is 1.62 bits per heavy atom. The summed E-state index contributed by atoms with van der Waals surface area (Å²) in [7, 11) is 0. The van der Waals surface area contributed by atoms with Gasteiger partial charge in [-0.2, -0.15) is 0 Å². The van der Waals surface area contributed by atoms with Crippen molar-refractivity contribution in [3.63, 3.8) is 0 Å². The molecule has 0 aromatic rings. The molecule has 0 saturated carbocycles. The highest BCUT2D eigenvalue weighted by Crippen LogP contribution is 2.09. The molecule has 0 aromatic heterocycles. The second kappa shape index (κ2) is 18.0. The predicted octanol–water partition coefficient (Wildman–Crippen LogP) is 3.72. The molecular formula is C20H36N2O2. The summed E-state index contributed by atoms with van der Waals surface area (Å²) in [5, 5.41) is 2.82. The first kappa shape index (κ1) is 22.7.